The summed E-state index contributed by atoms with van der Waals surface area (Å²) in [5.74, 6) is 0.850. The van der Waals surface area contributed by atoms with Crippen molar-refractivity contribution in [1.82, 2.24) is 0 Å². The van der Waals surface area contributed by atoms with Gasteiger partial charge < -0.3 is 9.47 Å². The fourth-order valence-electron chi connectivity index (χ4n) is 2.57. The Morgan fingerprint density at radius 1 is 1.24 bits per heavy atom. The molecule has 0 aromatic heterocycles. The zero-order valence-electron chi connectivity index (χ0n) is 11.5. The molecule has 0 bridgehead atoms. The molecule has 0 fully saturated rings. The monoisotopic (exact) mass is 366 g/mol. The summed E-state index contributed by atoms with van der Waals surface area (Å²) in [6, 6.07) is 14.1. The van der Waals surface area contributed by atoms with Crippen molar-refractivity contribution in [3.05, 3.63) is 64.2 Å². The summed E-state index contributed by atoms with van der Waals surface area (Å²) in [7, 11) is 0. The Morgan fingerprint density at radius 3 is 2.95 bits per heavy atom. The summed E-state index contributed by atoms with van der Waals surface area (Å²) in [6.45, 7) is 1.26. The molecule has 2 nitrogen and oxygen atoms in total. The molecule has 1 aliphatic heterocycles. The highest BCUT2D eigenvalue weighted by Crippen LogP contribution is 2.30. The first kappa shape index (κ1) is 14.9. The predicted octanol–water partition coefficient (Wildman–Crippen LogP) is 4.93. The van der Waals surface area contributed by atoms with Gasteiger partial charge >= 0.3 is 0 Å². The number of hydrogen-bond acceptors (Lipinski definition) is 2. The van der Waals surface area contributed by atoms with Gasteiger partial charge in [0.25, 0.3) is 0 Å². The quantitative estimate of drug-likeness (QED) is 0.714. The second-order valence-corrected chi connectivity index (χ2v) is 6.00. The number of fused-ring (bicyclic) bond motifs is 1. The van der Waals surface area contributed by atoms with Crippen molar-refractivity contribution in [2.24, 2.45) is 0 Å². The maximum atomic E-state index is 6.01. The zero-order chi connectivity index (χ0) is 14.7. The molecule has 110 valence electrons. The first-order valence-corrected chi connectivity index (χ1v) is 8.44. The highest BCUT2D eigenvalue weighted by molar-refractivity contribution is 9.08. The number of rotatable bonds is 4. The van der Waals surface area contributed by atoms with E-state index in [1.165, 1.54) is 11.1 Å². The maximum Gasteiger partial charge on any atom is 0.123 e. The summed E-state index contributed by atoms with van der Waals surface area (Å²) < 4.78 is 11.8. The van der Waals surface area contributed by atoms with Crippen LogP contribution in [0.3, 0.4) is 0 Å². The summed E-state index contributed by atoms with van der Waals surface area (Å²) >= 11 is 9.47. The molecular formula is C17H16BrClO2. The van der Waals surface area contributed by atoms with Crippen molar-refractivity contribution in [3.8, 4) is 5.75 Å². The summed E-state index contributed by atoms with van der Waals surface area (Å²) in [5.41, 5.74) is 3.64. The smallest absolute Gasteiger partial charge is 0.123 e. The van der Waals surface area contributed by atoms with Gasteiger partial charge in [0, 0.05) is 15.9 Å². The molecule has 0 radical (unpaired) electrons. The van der Waals surface area contributed by atoms with Crippen LogP contribution in [0.1, 0.15) is 22.8 Å². The molecule has 2 aromatic carbocycles. The first-order valence-electron chi connectivity index (χ1n) is 6.94. The second kappa shape index (κ2) is 6.82. The van der Waals surface area contributed by atoms with Crippen molar-refractivity contribution < 1.29 is 9.47 Å². The van der Waals surface area contributed by atoms with E-state index in [9.17, 15) is 0 Å². The topological polar surface area (TPSA) is 18.5 Å². The van der Waals surface area contributed by atoms with E-state index >= 15 is 0 Å². The minimum atomic E-state index is -0.00574. The zero-order valence-corrected chi connectivity index (χ0v) is 13.9. The van der Waals surface area contributed by atoms with Gasteiger partial charge in [-0.2, -0.15) is 0 Å². The number of halogens is 2. The van der Waals surface area contributed by atoms with Crippen LogP contribution in [0.2, 0.25) is 5.02 Å². The largest absolute Gasteiger partial charge is 0.490 e. The molecule has 0 aliphatic carbocycles. The van der Waals surface area contributed by atoms with Crippen molar-refractivity contribution in [2.75, 3.05) is 13.2 Å². The van der Waals surface area contributed by atoms with Gasteiger partial charge in [-0.3, -0.25) is 0 Å². The molecule has 1 unspecified atom stereocenters. The van der Waals surface area contributed by atoms with Crippen molar-refractivity contribution in [3.63, 3.8) is 0 Å². The Hall–Kier alpha value is -1.03. The van der Waals surface area contributed by atoms with Crippen LogP contribution in [-0.2, 0) is 16.5 Å². The number of alkyl halides is 1. The molecule has 1 atom stereocenters. The molecule has 0 spiro atoms. The van der Waals surface area contributed by atoms with Crippen LogP contribution >= 0.6 is 27.5 Å². The summed E-state index contributed by atoms with van der Waals surface area (Å²) in [6.07, 6.45) is 0.967. The van der Waals surface area contributed by atoms with Crippen molar-refractivity contribution in [1.29, 1.82) is 0 Å². The lowest BCUT2D eigenvalue weighted by Gasteiger charge is -2.26. The fourth-order valence-corrected chi connectivity index (χ4v) is 3.21. The average Bonchev–Trinajstić information content (AvgIpc) is 2.53. The van der Waals surface area contributed by atoms with Gasteiger partial charge in [0.1, 0.15) is 18.5 Å². The SMILES string of the molecule is Clc1ccc(OCC2OCCc3ccccc32)c(CBr)c1. The fraction of sp³-hybridized carbons (Fsp3) is 0.294. The molecule has 0 amide bonds. The van der Waals surface area contributed by atoms with Crippen LogP contribution in [0, 0.1) is 0 Å². The van der Waals surface area contributed by atoms with Crippen LogP contribution in [0.5, 0.6) is 5.75 Å². The van der Waals surface area contributed by atoms with E-state index in [2.05, 4.69) is 34.1 Å². The van der Waals surface area contributed by atoms with Gasteiger partial charge in [0.15, 0.2) is 0 Å². The van der Waals surface area contributed by atoms with E-state index in [1.54, 1.807) is 0 Å². The van der Waals surface area contributed by atoms with E-state index in [0.29, 0.717) is 11.9 Å². The highest BCUT2D eigenvalue weighted by atomic mass is 79.9. The lowest BCUT2D eigenvalue weighted by molar-refractivity contribution is 0.0100. The molecule has 0 saturated carbocycles. The lowest BCUT2D eigenvalue weighted by Crippen LogP contribution is -2.21. The lowest BCUT2D eigenvalue weighted by atomic mass is 9.98. The van der Waals surface area contributed by atoms with Crippen LogP contribution in [0.4, 0.5) is 0 Å². The Labute approximate surface area is 138 Å². The van der Waals surface area contributed by atoms with Crippen LogP contribution in [0.25, 0.3) is 0 Å². The Bertz CT molecular complexity index is 630. The third-order valence-corrected chi connectivity index (χ3v) is 4.49. The van der Waals surface area contributed by atoms with Crippen molar-refractivity contribution in [2.45, 2.75) is 17.9 Å². The molecule has 4 heteroatoms. The Balaban J connectivity index is 1.74. The van der Waals surface area contributed by atoms with Gasteiger partial charge in [-0.1, -0.05) is 51.8 Å². The summed E-state index contributed by atoms with van der Waals surface area (Å²) in [4.78, 5) is 0. The third-order valence-electron chi connectivity index (χ3n) is 3.65. The molecule has 3 rings (SSSR count). The van der Waals surface area contributed by atoms with Crippen molar-refractivity contribution >= 4 is 27.5 Å². The van der Waals surface area contributed by atoms with E-state index < -0.39 is 0 Å². The second-order valence-electron chi connectivity index (χ2n) is 5.00. The van der Waals surface area contributed by atoms with E-state index in [-0.39, 0.29) is 6.10 Å². The molecular weight excluding hydrogens is 352 g/mol. The predicted molar refractivity (Wildman–Crippen MR) is 88.4 cm³/mol. The van der Waals surface area contributed by atoms with Gasteiger partial charge in [-0.15, -0.1) is 0 Å². The standard InChI is InChI=1S/C17H16BrClO2/c18-10-13-9-14(19)5-6-16(13)21-11-17-15-4-2-1-3-12(15)7-8-20-17/h1-6,9,17H,7-8,10-11H2. The number of hydrogen-bond donors (Lipinski definition) is 0. The van der Waals surface area contributed by atoms with Crippen LogP contribution in [0.15, 0.2) is 42.5 Å². The van der Waals surface area contributed by atoms with Gasteiger partial charge in [0.05, 0.1) is 6.61 Å². The molecule has 0 saturated heterocycles. The van der Waals surface area contributed by atoms with Gasteiger partial charge in [-0.05, 0) is 35.7 Å². The number of benzene rings is 2. The molecule has 21 heavy (non-hydrogen) atoms. The normalized spacial score (nSPS) is 17.3. The van der Waals surface area contributed by atoms with E-state index in [1.807, 2.05) is 24.3 Å². The van der Waals surface area contributed by atoms with Gasteiger partial charge in [0.2, 0.25) is 0 Å². The highest BCUT2D eigenvalue weighted by Gasteiger charge is 2.21. The minimum Gasteiger partial charge on any atom is -0.490 e. The third kappa shape index (κ3) is 3.42. The van der Waals surface area contributed by atoms with E-state index in [0.717, 1.165) is 29.4 Å². The number of ether oxygens (including phenoxy) is 2. The van der Waals surface area contributed by atoms with Crippen LogP contribution in [-0.4, -0.2) is 13.2 Å². The average molecular weight is 368 g/mol. The minimum absolute atomic E-state index is 0.00574. The van der Waals surface area contributed by atoms with E-state index in [4.69, 9.17) is 21.1 Å². The molecule has 1 heterocycles. The molecule has 2 aromatic rings. The molecule has 0 N–H and O–H groups in total. The Morgan fingerprint density at radius 2 is 2.10 bits per heavy atom. The van der Waals surface area contributed by atoms with Crippen LogP contribution < -0.4 is 4.74 Å². The Kier molecular flexibility index (Phi) is 4.84. The van der Waals surface area contributed by atoms with Gasteiger partial charge in [-0.25, -0.2) is 0 Å². The summed E-state index contributed by atoms with van der Waals surface area (Å²) in [5, 5.41) is 1.43. The molecule has 1 aliphatic rings. The maximum absolute atomic E-state index is 6.01. The first-order chi connectivity index (χ1) is 10.3.